The van der Waals surface area contributed by atoms with Gasteiger partial charge in [-0.05, 0) is 38.5 Å². The summed E-state index contributed by atoms with van der Waals surface area (Å²) in [6.45, 7) is 8.88. The molecule has 0 amide bonds. The van der Waals surface area contributed by atoms with Crippen molar-refractivity contribution >= 4 is 11.9 Å². The third kappa shape index (κ3) is 7.74. The van der Waals surface area contributed by atoms with Crippen molar-refractivity contribution in [3.8, 4) is 5.75 Å². The van der Waals surface area contributed by atoms with Crippen LogP contribution in [0.25, 0.3) is 0 Å². The molecule has 1 aromatic carbocycles. The van der Waals surface area contributed by atoms with Gasteiger partial charge in [0.25, 0.3) is 0 Å². The predicted octanol–water partition coefficient (Wildman–Crippen LogP) is 1.87. The third-order valence-electron chi connectivity index (χ3n) is 3.55. The second-order valence-electron chi connectivity index (χ2n) is 6.28. The quantitative estimate of drug-likeness (QED) is 0.351. The Morgan fingerprint density at radius 2 is 2.00 bits per heavy atom. The highest BCUT2D eigenvalue weighted by Gasteiger charge is 2.13. The fourth-order valence-electron chi connectivity index (χ4n) is 2.22. The Hall–Kier alpha value is -2.28. The molecular formula is C19H31N3O4. The second-order valence-corrected chi connectivity index (χ2v) is 6.28. The van der Waals surface area contributed by atoms with Crippen molar-refractivity contribution in [3.63, 3.8) is 0 Å². The zero-order valence-electron chi connectivity index (χ0n) is 16.3. The molecule has 0 heterocycles. The monoisotopic (exact) mass is 365 g/mol. The lowest BCUT2D eigenvalue weighted by molar-refractivity contribution is -0.144. The topological polar surface area (TPSA) is 92.2 Å². The number of carbonyl (C=O) groups excluding carboxylic acids is 1. The van der Waals surface area contributed by atoms with Gasteiger partial charge in [-0.25, -0.2) is 0 Å². The molecule has 0 bridgehead atoms. The van der Waals surface area contributed by atoms with Gasteiger partial charge >= 0.3 is 5.97 Å². The maximum atomic E-state index is 11.5. The lowest BCUT2D eigenvalue weighted by Gasteiger charge is -2.17. The Balaban J connectivity index is 2.66. The lowest BCUT2D eigenvalue weighted by atomic mass is 10.1. The van der Waals surface area contributed by atoms with E-state index in [1.54, 1.807) is 6.92 Å². The molecule has 0 spiro atoms. The molecule has 0 radical (unpaired) electrons. The summed E-state index contributed by atoms with van der Waals surface area (Å²) in [7, 11) is 1.36. The van der Waals surface area contributed by atoms with Crippen LogP contribution in [0, 0.1) is 5.92 Å². The van der Waals surface area contributed by atoms with Gasteiger partial charge in [0.2, 0.25) is 0 Å². The van der Waals surface area contributed by atoms with Gasteiger partial charge in [-0.2, -0.15) is 0 Å². The lowest BCUT2D eigenvalue weighted by Crippen LogP contribution is -2.40. The van der Waals surface area contributed by atoms with Crippen LogP contribution in [-0.2, 0) is 9.53 Å². The Morgan fingerprint density at radius 3 is 2.62 bits per heavy atom. The number of hydrogen-bond acceptors (Lipinski definition) is 5. The van der Waals surface area contributed by atoms with Crippen LogP contribution in [-0.4, -0.2) is 49.9 Å². The minimum absolute atomic E-state index is 0.0739. The molecule has 1 aromatic rings. The summed E-state index contributed by atoms with van der Waals surface area (Å²) in [6.07, 6.45) is -0.641. The van der Waals surface area contributed by atoms with Crippen LogP contribution in [0.1, 0.15) is 39.4 Å². The molecule has 146 valence electrons. The number of carbonyl (C=O) groups is 1. The molecule has 3 N–H and O–H groups in total. The van der Waals surface area contributed by atoms with E-state index in [0.717, 1.165) is 11.3 Å². The number of methoxy groups -OCH3 is 1. The number of rotatable bonds is 9. The molecule has 1 rings (SSSR count). The molecule has 7 nitrogen and oxygen atoms in total. The summed E-state index contributed by atoms with van der Waals surface area (Å²) >= 11 is 0. The van der Waals surface area contributed by atoms with Crippen LogP contribution in [0.2, 0.25) is 0 Å². The van der Waals surface area contributed by atoms with E-state index in [2.05, 4.69) is 15.6 Å². The van der Waals surface area contributed by atoms with E-state index in [1.165, 1.54) is 7.11 Å². The number of guanidine groups is 1. The molecular weight excluding hydrogens is 334 g/mol. The average Bonchev–Trinajstić information content (AvgIpc) is 2.62. The molecule has 2 unspecified atom stereocenters. The Labute approximate surface area is 155 Å². The smallest absolute Gasteiger partial charge is 0.310 e. The van der Waals surface area contributed by atoms with Gasteiger partial charge in [0.1, 0.15) is 5.75 Å². The number of hydrogen-bond donors (Lipinski definition) is 3. The number of aliphatic hydroxyl groups is 1. The van der Waals surface area contributed by atoms with Gasteiger partial charge in [-0.3, -0.25) is 9.79 Å². The molecule has 0 saturated carbocycles. The van der Waals surface area contributed by atoms with Gasteiger partial charge < -0.3 is 25.2 Å². The minimum atomic E-state index is -0.715. The molecule has 0 aliphatic heterocycles. The normalized spacial score (nSPS) is 13.9. The third-order valence-corrected chi connectivity index (χ3v) is 3.55. The number of nitrogens with one attached hydrogen (secondary N) is 2. The molecule has 2 atom stereocenters. The van der Waals surface area contributed by atoms with Crippen LogP contribution in [0.5, 0.6) is 5.75 Å². The highest BCUT2D eigenvalue weighted by molar-refractivity contribution is 5.80. The molecule has 0 aliphatic rings. The molecule has 0 fully saturated rings. The number of ether oxygens (including phenoxy) is 2. The molecule has 26 heavy (non-hydrogen) atoms. The van der Waals surface area contributed by atoms with E-state index in [0.29, 0.717) is 19.0 Å². The predicted molar refractivity (Wildman–Crippen MR) is 102 cm³/mol. The summed E-state index contributed by atoms with van der Waals surface area (Å²) in [5.74, 6) is 0.637. The van der Waals surface area contributed by atoms with E-state index < -0.39 is 6.10 Å². The molecule has 0 aliphatic carbocycles. The van der Waals surface area contributed by atoms with Crippen molar-refractivity contribution in [2.45, 2.75) is 39.9 Å². The first-order chi connectivity index (χ1) is 12.4. The van der Waals surface area contributed by atoms with Crippen molar-refractivity contribution < 1.29 is 19.4 Å². The molecule has 0 aromatic heterocycles. The summed E-state index contributed by atoms with van der Waals surface area (Å²) in [6, 6.07) is 7.40. The van der Waals surface area contributed by atoms with E-state index in [4.69, 9.17) is 9.47 Å². The average molecular weight is 365 g/mol. The van der Waals surface area contributed by atoms with E-state index >= 15 is 0 Å². The van der Waals surface area contributed by atoms with Crippen molar-refractivity contribution in [1.82, 2.24) is 10.6 Å². The standard InChI is InChI=1S/C19H31N3O4/c1-6-20-19(21-11-14(4)18(24)25-5)22-12-17(23)15-8-7-9-16(10-15)26-13(2)3/h7-10,13-14,17,23H,6,11-12H2,1-5H3,(H2,20,21,22). The van der Waals surface area contributed by atoms with Crippen molar-refractivity contribution in [1.29, 1.82) is 0 Å². The van der Waals surface area contributed by atoms with Crippen LogP contribution in [0.15, 0.2) is 29.3 Å². The Kier molecular flexibility index (Phi) is 9.51. The molecule has 7 heteroatoms. The fourth-order valence-corrected chi connectivity index (χ4v) is 2.22. The van der Waals surface area contributed by atoms with Gasteiger partial charge in [0.05, 0.1) is 31.8 Å². The van der Waals surface area contributed by atoms with Crippen molar-refractivity contribution in [3.05, 3.63) is 29.8 Å². The van der Waals surface area contributed by atoms with Gasteiger partial charge in [-0.1, -0.05) is 19.1 Å². The minimum Gasteiger partial charge on any atom is -0.491 e. The number of nitrogens with zero attached hydrogens (tertiary/aromatic N) is 1. The first kappa shape index (κ1) is 21.8. The highest BCUT2D eigenvalue weighted by atomic mass is 16.5. The van der Waals surface area contributed by atoms with Crippen LogP contribution in [0.4, 0.5) is 0 Å². The SMILES string of the molecule is CCNC(=NCC(C)C(=O)OC)NCC(O)c1cccc(OC(C)C)c1. The highest BCUT2D eigenvalue weighted by Crippen LogP contribution is 2.19. The number of esters is 1. The Bertz CT molecular complexity index is 590. The first-order valence-electron chi connectivity index (χ1n) is 8.92. The zero-order valence-corrected chi connectivity index (χ0v) is 16.3. The van der Waals surface area contributed by atoms with Crippen molar-refractivity contribution in [2.24, 2.45) is 10.9 Å². The van der Waals surface area contributed by atoms with Crippen LogP contribution in [0.3, 0.4) is 0 Å². The summed E-state index contributed by atoms with van der Waals surface area (Å²) in [4.78, 5) is 15.8. The fraction of sp³-hybridized carbons (Fsp3) is 0.579. The number of aliphatic hydroxyl groups excluding tert-OH is 1. The van der Waals surface area contributed by atoms with E-state index in [1.807, 2.05) is 45.0 Å². The van der Waals surface area contributed by atoms with Crippen LogP contribution >= 0.6 is 0 Å². The van der Waals surface area contributed by atoms with Crippen LogP contribution < -0.4 is 15.4 Å². The van der Waals surface area contributed by atoms with Gasteiger partial charge in [-0.15, -0.1) is 0 Å². The van der Waals surface area contributed by atoms with Gasteiger partial charge in [0.15, 0.2) is 5.96 Å². The van der Waals surface area contributed by atoms with E-state index in [9.17, 15) is 9.90 Å². The van der Waals surface area contributed by atoms with Crippen molar-refractivity contribution in [2.75, 3.05) is 26.7 Å². The molecule has 0 saturated heterocycles. The summed E-state index contributed by atoms with van der Waals surface area (Å²) in [5, 5.41) is 16.6. The number of benzene rings is 1. The first-order valence-corrected chi connectivity index (χ1v) is 8.92. The largest absolute Gasteiger partial charge is 0.491 e. The van der Waals surface area contributed by atoms with Gasteiger partial charge in [0, 0.05) is 13.1 Å². The Morgan fingerprint density at radius 1 is 1.27 bits per heavy atom. The summed E-state index contributed by atoms with van der Waals surface area (Å²) < 4.78 is 10.4. The second kappa shape index (κ2) is 11.4. The number of aliphatic imine (C=N–C) groups is 1. The maximum absolute atomic E-state index is 11.5. The maximum Gasteiger partial charge on any atom is 0.310 e. The van der Waals surface area contributed by atoms with E-state index in [-0.39, 0.29) is 24.5 Å². The zero-order chi connectivity index (χ0) is 19.5. The summed E-state index contributed by atoms with van der Waals surface area (Å²) in [5.41, 5.74) is 0.759.